The molecule has 0 aliphatic carbocycles. The van der Waals surface area contributed by atoms with Crippen molar-refractivity contribution in [2.45, 2.75) is 19.4 Å². The summed E-state index contributed by atoms with van der Waals surface area (Å²) in [5, 5.41) is 0. The summed E-state index contributed by atoms with van der Waals surface area (Å²) in [5.41, 5.74) is 5.98. The van der Waals surface area contributed by atoms with Crippen LogP contribution >= 0.6 is 12.4 Å². The average molecular weight is 234 g/mol. The van der Waals surface area contributed by atoms with Crippen LogP contribution in [0.3, 0.4) is 0 Å². The summed E-state index contributed by atoms with van der Waals surface area (Å²) >= 11 is 0. The third-order valence-electron chi connectivity index (χ3n) is 2.11. The Labute approximate surface area is 94.4 Å². The smallest absolute Gasteiger partial charge is 0.133 e. The molecular weight excluding hydrogens is 220 g/mol. The summed E-state index contributed by atoms with van der Waals surface area (Å²) in [6.07, 6.45) is 1.91. The number of nitrogens with two attached hydrogens (primary N) is 1. The Kier molecular flexibility index (Phi) is 5.47. The molecule has 1 nitrogen and oxygen atoms in total. The Balaban J connectivity index is 0.00000196. The van der Waals surface area contributed by atoms with Crippen molar-refractivity contribution in [3.05, 3.63) is 47.5 Å². The normalized spacial score (nSPS) is 11.7. The third kappa shape index (κ3) is 3.01. The molecule has 1 aromatic carbocycles. The van der Waals surface area contributed by atoms with E-state index in [-0.39, 0.29) is 18.0 Å². The molecule has 0 aromatic heterocycles. The fourth-order valence-corrected chi connectivity index (χ4v) is 1.32. The number of aryl methyl sites for hydroxylation is 1. The van der Waals surface area contributed by atoms with Crippen molar-refractivity contribution in [3.63, 3.8) is 0 Å². The quantitative estimate of drug-likeness (QED) is 0.797. The molecule has 0 amide bonds. The van der Waals surface area contributed by atoms with Crippen LogP contribution in [0.2, 0.25) is 0 Å². The summed E-state index contributed by atoms with van der Waals surface area (Å²) in [6, 6.07) is 1.97. The molecule has 2 N–H and O–H groups in total. The zero-order valence-electron chi connectivity index (χ0n) is 8.47. The minimum absolute atomic E-state index is 0. The molecule has 0 radical (unpaired) electrons. The van der Waals surface area contributed by atoms with Gasteiger partial charge in [0.05, 0.1) is 0 Å². The number of hydrogen-bond acceptors (Lipinski definition) is 1. The van der Waals surface area contributed by atoms with E-state index in [1.54, 1.807) is 13.0 Å². The van der Waals surface area contributed by atoms with Crippen molar-refractivity contribution in [3.8, 4) is 0 Å². The second kappa shape index (κ2) is 5.83. The van der Waals surface area contributed by atoms with Crippen LogP contribution in [0, 0.1) is 18.6 Å². The highest BCUT2D eigenvalue weighted by Gasteiger charge is 2.16. The lowest BCUT2D eigenvalue weighted by atomic mass is 10.0. The standard InChI is InChI=1S/C11H13F2N.ClH/c1-3-4-9(14)10-8(12)6-5-7(2)11(10)13;/h3,5-6,9H,1,4,14H2,2H3;1H/t9-;/m1./s1. The molecule has 1 rings (SSSR count). The van der Waals surface area contributed by atoms with Crippen LogP contribution in [0.1, 0.15) is 23.6 Å². The van der Waals surface area contributed by atoms with Crippen LogP contribution in [0.5, 0.6) is 0 Å². The third-order valence-corrected chi connectivity index (χ3v) is 2.11. The first-order chi connectivity index (χ1) is 6.57. The lowest BCUT2D eigenvalue weighted by Crippen LogP contribution is -2.14. The second-order valence-corrected chi connectivity index (χ2v) is 3.22. The van der Waals surface area contributed by atoms with Gasteiger partial charge < -0.3 is 5.73 Å². The number of hydrogen-bond donors (Lipinski definition) is 1. The van der Waals surface area contributed by atoms with E-state index in [9.17, 15) is 8.78 Å². The maximum Gasteiger partial charge on any atom is 0.133 e. The largest absolute Gasteiger partial charge is 0.324 e. The first-order valence-electron chi connectivity index (χ1n) is 4.39. The predicted molar refractivity (Wildman–Crippen MR) is 60.1 cm³/mol. The van der Waals surface area contributed by atoms with Crippen molar-refractivity contribution < 1.29 is 8.78 Å². The highest BCUT2D eigenvalue weighted by molar-refractivity contribution is 5.85. The van der Waals surface area contributed by atoms with E-state index >= 15 is 0 Å². The summed E-state index contributed by atoms with van der Waals surface area (Å²) in [5.74, 6) is -1.15. The molecular formula is C11H14ClF2N. The molecule has 84 valence electrons. The Bertz CT molecular complexity index is 353. The van der Waals surface area contributed by atoms with Crippen molar-refractivity contribution in [1.82, 2.24) is 0 Å². The van der Waals surface area contributed by atoms with Crippen LogP contribution in [-0.4, -0.2) is 0 Å². The summed E-state index contributed by atoms with van der Waals surface area (Å²) in [4.78, 5) is 0. The van der Waals surface area contributed by atoms with Crippen LogP contribution in [0.15, 0.2) is 24.8 Å². The summed E-state index contributed by atoms with van der Waals surface area (Å²) < 4.78 is 26.7. The van der Waals surface area contributed by atoms with E-state index in [4.69, 9.17) is 5.73 Å². The molecule has 0 aliphatic rings. The van der Waals surface area contributed by atoms with Gasteiger partial charge in [-0.1, -0.05) is 12.1 Å². The van der Waals surface area contributed by atoms with Gasteiger partial charge in [-0.15, -0.1) is 19.0 Å². The SMILES string of the molecule is C=CC[C@@H](N)c1c(F)ccc(C)c1F.Cl. The van der Waals surface area contributed by atoms with Gasteiger partial charge in [-0.3, -0.25) is 0 Å². The van der Waals surface area contributed by atoms with Gasteiger partial charge in [0.2, 0.25) is 0 Å². The van der Waals surface area contributed by atoms with Gasteiger partial charge in [0.25, 0.3) is 0 Å². The predicted octanol–water partition coefficient (Wildman–Crippen LogP) is 3.27. The summed E-state index contributed by atoms with van der Waals surface area (Å²) in [7, 11) is 0. The van der Waals surface area contributed by atoms with Gasteiger partial charge in [0.15, 0.2) is 0 Å². The van der Waals surface area contributed by atoms with Gasteiger partial charge in [-0.05, 0) is 25.0 Å². The fourth-order valence-electron chi connectivity index (χ4n) is 1.32. The molecule has 0 fully saturated rings. The Morgan fingerprint density at radius 1 is 1.47 bits per heavy atom. The Morgan fingerprint density at radius 3 is 2.60 bits per heavy atom. The van der Waals surface area contributed by atoms with E-state index < -0.39 is 17.7 Å². The lowest BCUT2D eigenvalue weighted by molar-refractivity contribution is 0.522. The van der Waals surface area contributed by atoms with Crippen molar-refractivity contribution in [2.75, 3.05) is 0 Å². The van der Waals surface area contributed by atoms with Gasteiger partial charge in [-0.2, -0.15) is 0 Å². The van der Waals surface area contributed by atoms with E-state index in [1.165, 1.54) is 12.1 Å². The molecule has 0 bridgehead atoms. The second-order valence-electron chi connectivity index (χ2n) is 3.22. The monoisotopic (exact) mass is 233 g/mol. The minimum Gasteiger partial charge on any atom is -0.324 e. The van der Waals surface area contributed by atoms with Crippen LogP contribution in [-0.2, 0) is 0 Å². The van der Waals surface area contributed by atoms with Crippen molar-refractivity contribution >= 4 is 12.4 Å². The van der Waals surface area contributed by atoms with Gasteiger partial charge >= 0.3 is 0 Å². The van der Waals surface area contributed by atoms with Crippen molar-refractivity contribution in [2.24, 2.45) is 5.73 Å². The molecule has 0 saturated carbocycles. The number of halogens is 3. The zero-order valence-corrected chi connectivity index (χ0v) is 9.28. The Morgan fingerprint density at radius 2 is 2.07 bits per heavy atom. The van der Waals surface area contributed by atoms with E-state index in [0.29, 0.717) is 12.0 Å². The molecule has 0 saturated heterocycles. The molecule has 4 heteroatoms. The molecule has 15 heavy (non-hydrogen) atoms. The molecule has 1 aromatic rings. The van der Waals surface area contributed by atoms with Crippen LogP contribution < -0.4 is 5.73 Å². The maximum atomic E-state index is 13.5. The zero-order chi connectivity index (χ0) is 10.7. The topological polar surface area (TPSA) is 26.0 Å². The first kappa shape index (κ1) is 14.1. The van der Waals surface area contributed by atoms with Crippen molar-refractivity contribution in [1.29, 1.82) is 0 Å². The Hall–Kier alpha value is -0.930. The van der Waals surface area contributed by atoms with E-state index in [1.807, 2.05) is 0 Å². The highest BCUT2D eigenvalue weighted by Crippen LogP contribution is 2.23. The number of rotatable bonds is 3. The molecule has 0 spiro atoms. The van der Waals surface area contributed by atoms with Gasteiger partial charge in [-0.25, -0.2) is 8.78 Å². The van der Waals surface area contributed by atoms with Gasteiger partial charge in [0.1, 0.15) is 11.6 Å². The van der Waals surface area contributed by atoms with Gasteiger partial charge in [0, 0.05) is 11.6 Å². The highest BCUT2D eigenvalue weighted by atomic mass is 35.5. The molecule has 1 atom stereocenters. The minimum atomic E-state index is -0.660. The molecule has 0 unspecified atom stereocenters. The molecule has 0 heterocycles. The van der Waals surface area contributed by atoms with E-state index in [2.05, 4.69) is 6.58 Å². The fraction of sp³-hybridized carbons (Fsp3) is 0.273. The summed E-state index contributed by atoms with van der Waals surface area (Å²) in [6.45, 7) is 5.07. The molecule has 0 aliphatic heterocycles. The maximum absolute atomic E-state index is 13.5. The van der Waals surface area contributed by atoms with Crippen LogP contribution in [0.25, 0.3) is 0 Å². The lowest BCUT2D eigenvalue weighted by Gasteiger charge is -2.13. The first-order valence-corrected chi connectivity index (χ1v) is 4.39. The van der Waals surface area contributed by atoms with Crippen LogP contribution in [0.4, 0.5) is 8.78 Å². The average Bonchev–Trinajstić information content (AvgIpc) is 2.13. The number of benzene rings is 1. The van der Waals surface area contributed by atoms with E-state index in [0.717, 1.165) is 0 Å².